The van der Waals surface area contributed by atoms with Gasteiger partial charge in [0.25, 0.3) is 0 Å². The zero-order chi connectivity index (χ0) is 11.8. The Morgan fingerprint density at radius 2 is 2.19 bits per heavy atom. The molecule has 0 radical (unpaired) electrons. The van der Waals surface area contributed by atoms with E-state index in [2.05, 4.69) is 26.2 Å². The average molecular weight is 238 g/mol. The first kappa shape index (κ1) is 12.1. The molecule has 1 aromatic rings. The molecule has 2 N–H and O–H groups in total. The lowest BCUT2D eigenvalue weighted by molar-refractivity contribution is 0.526. The van der Waals surface area contributed by atoms with Gasteiger partial charge in [-0.3, -0.25) is 0 Å². The van der Waals surface area contributed by atoms with Gasteiger partial charge in [0.1, 0.15) is 0 Å². The lowest BCUT2D eigenvalue weighted by atomic mass is 9.93. The Hall–Kier alpha value is -0.410. The molecule has 2 unspecified atom stereocenters. The second-order valence-corrected chi connectivity index (χ2v) is 6.96. The van der Waals surface area contributed by atoms with Gasteiger partial charge >= 0.3 is 0 Å². The van der Waals surface area contributed by atoms with Crippen molar-refractivity contribution in [2.75, 3.05) is 0 Å². The van der Waals surface area contributed by atoms with Crippen LogP contribution in [0.25, 0.3) is 0 Å². The highest BCUT2D eigenvalue weighted by Gasteiger charge is 2.24. The summed E-state index contributed by atoms with van der Waals surface area (Å²) in [6.45, 7) is 6.66. The highest BCUT2D eigenvalue weighted by atomic mass is 32.1. The molecule has 1 aliphatic rings. The van der Waals surface area contributed by atoms with Crippen LogP contribution in [0.3, 0.4) is 0 Å². The molecule has 3 heteroatoms. The quantitative estimate of drug-likeness (QED) is 0.860. The zero-order valence-electron chi connectivity index (χ0n) is 10.5. The normalized spacial score (nSPS) is 26.2. The molecule has 0 aliphatic heterocycles. The summed E-state index contributed by atoms with van der Waals surface area (Å²) in [7, 11) is 0. The topological polar surface area (TPSA) is 38.9 Å². The Morgan fingerprint density at radius 1 is 1.44 bits per heavy atom. The maximum atomic E-state index is 5.94. The van der Waals surface area contributed by atoms with Crippen LogP contribution in [0, 0.1) is 5.92 Å². The van der Waals surface area contributed by atoms with Crippen molar-refractivity contribution in [3.8, 4) is 0 Å². The van der Waals surface area contributed by atoms with E-state index >= 15 is 0 Å². The Morgan fingerprint density at radius 3 is 2.69 bits per heavy atom. The number of hydrogen-bond donors (Lipinski definition) is 1. The molecule has 1 aliphatic carbocycles. The van der Waals surface area contributed by atoms with Crippen LogP contribution in [0.1, 0.15) is 50.7 Å². The molecule has 0 bridgehead atoms. The zero-order valence-corrected chi connectivity index (χ0v) is 11.3. The summed E-state index contributed by atoms with van der Waals surface area (Å²) < 4.78 is 0. The van der Waals surface area contributed by atoms with Crippen molar-refractivity contribution >= 4 is 11.3 Å². The van der Waals surface area contributed by atoms with Crippen molar-refractivity contribution in [1.82, 2.24) is 4.98 Å². The largest absolute Gasteiger partial charge is 0.328 e. The van der Waals surface area contributed by atoms with Crippen LogP contribution in [0.4, 0.5) is 0 Å². The summed E-state index contributed by atoms with van der Waals surface area (Å²) in [5.41, 5.74) is 7.35. The van der Waals surface area contributed by atoms with E-state index in [4.69, 9.17) is 10.7 Å². The SMILES string of the molecule is CC(C)(C)c1csc(CC2CCC(N)C2)n1. The number of nitrogens with zero attached hydrogens (tertiary/aromatic N) is 1. The van der Waals surface area contributed by atoms with Gasteiger partial charge in [0, 0.05) is 23.3 Å². The first-order valence-electron chi connectivity index (χ1n) is 6.15. The minimum Gasteiger partial charge on any atom is -0.328 e. The molecule has 0 saturated heterocycles. The molecular formula is C13H22N2S. The monoisotopic (exact) mass is 238 g/mol. The van der Waals surface area contributed by atoms with Crippen molar-refractivity contribution < 1.29 is 0 Å². The summed E-state index contributed by atoms with van der Waals surface area (Å²) in [4.78, 5) is 4.75. The number of aromatic nitrogens is 1. The molecular weight excluding hydrogens is 216 g/mol. The molecule has 0 amide bonds. The molecule has 16 heavy (non-hydrogen) atoms. The number of hydrogen-bond acceptors (Lipinski definition) is 3. The van der Waals surface area contributed by atoms with E-state index in [-0.39, 0.29) is 5.41 Å². The van der Waals surface area contributed by atoms with Gasteiger partial charge in [-0.1, -0.05) is 20.8 Å². The van der Waals surface area contributed by atoms with Crippen molar-refractivity contribution in [2.45, 2.75) is 57.9 Å². The Balaban J connectivity index is 1.98. The van der Waals surface area contributed by atoms with E-state index in [1.54, 1.807) is 0 Å². The predicted octanol–water partition coefficient (Wildman–Crippen LogP) is 3.11. The van der Waals surface area contributed by atoms with Crippen LogP contribution >= 0.6 is 11.3 Å². The summed E-state index contributed by atoms with van der Waals surface area (Å²) >= 11 is 1.81. The highest BCUT2D eigenvalue weighted by molar-refractivity contribution is 7.09. The van der Waals surface area contributed by atoms with E-state index in [9.17, 15) is 0 Å². The summed E-state index contributed by atoms with van der Waals surface area (Å²) in [5.74, 6) is 0.772. The lowest BCUT2D eigenvalue weighted by Crippen LogP contribution is -2.15. The second kappa shape index (κ2) is 4.46. The fourth-order valence-corrected chi connectivity index (χ4v) is 3.43. The summed E-state index contributed by atoms with van der Waals surface area (Å²) in [5, 5.41) is 3.51. The van der Waals surface area contributed by atoms with Crippen molar-refractivity contribution in [3.05, 3.63) is 16.1 Å². The first-order valence-corrected chi connectivity index (χ1v) is 7.03. The smallest absolute Gasteiger partial charge is 0.0931 e. The molecule has 1 saturated carbocycles. The van der Waals surface area contributed by atoms with Crippen molar-refractivity contribution in [2.24, 2.45) is 11.7 Å². The Kier molecular flexibility index (Phi) is 3.36. The van der Waals surface area contributed by atoms with Gasteiger partial charge in [-0.25, -0.2) is 4.98 Å². The molecule has 2 nitrogen and oxygen atoms in total. The van der Waals surface area contributed by atoms with Crippen LogP contribution in [-0.2, 0) is 11.8 Å². The number of nitrogens with two attached hydrogens (primary N) is 1. The highest BCUT2D eigenvalue weighted by Crippen LogP contribution is 2.30. The van der Waals surface area contributed by atoms with Gasteiger partial charge in [0.05, 0.1) is 10.7 Å². The fourth-order valence-electron chi connectivity index (χ4n) is 2.30. The number of rotatable bonds is 2. The van der Waals surface area contributed by atoms with Crippen LogP contribution < -0.4 is 5.73 Å². The van der Waals surface area contributed by atoms with Gasteiger partial charge < -0.3 is 5.73 Å². The van der Waals surface area contributed by atoms with E-state index < -0.39 is 0 Å². The maximum absolute atomic E-state index is 5.94. The van der Waals surface area contributed by atoms with E-state index in [1.165, 1.54) is 30.0 Å². The third-order valence-corrected chi connectivity index (χ3v) is 4.24. The predicted molar refractivity (Wildman–Crippen MR) is 69.8 cm³/mol. The number of thiazole rings is 1. The standard InChI is InChI=1S/C13H22N2S/c1-13(2,3)11-8-16-12(15-11)7-9-4-5-10(14)6-9/h8-10H,4-7,14H2,1-3H3. The van der Waals surface area contributed by atoms with Crippen LogP contribution in [0.15, 0.2) is 5.38 Å². The van der Waals surface area contributed by atoms with E-state index in [0.29, 0.717) is 6.04 Å². The summed E-state index contributed by atoms with van der Waals surface area (Å²) in [6, 6.07) is 0.437. The third-order valence-electron chi connectivity index (χ3n) is 3.37. The Bertz CT molecular complexity index is 351. The van der Waals surface area contributed by atoms with Crippen LogP contribution in [0.2, 0.25) is 0 Å². The van der Waals surface area contributed by atoms with Gasteiger partial charge in [0.15, 0.2) is 0 Å². The van der Waals surface area contributed by atoms with Gasteiger partial charge in [-0.15, -0.1) is 11.3 Å². The van der Waals surface area contributed by atoms with Gasteiger partial charge in [-0.05, 0) is 25.2 Å². The van der Waals surface area contributed by atoms with Crippen molar-refractivity contribution in [1.29, 1.82) is 0 Å². The van der Waals surface area contributed by atoms with Gasteiger partial charge in [-0.2, -0.15) is 0 Å². The van der Waals surface area contributed by atoms with E-state index in [1.807, 2.05) is 11.3 Å². The molecule has 1 aromatic heterocycles. The van der Waals surface area contributed by atoms with Gasteiger partial charge in [0.2, 0.25) is 0 Å². The minimum atomic E-state index is 0.181. The molecule has 0 spiro atoms. The molecule has 1 heterocycles. The molecule has 90 valence electrons. The molecule has 2 atom stereocenters. The minimum absolute atomic E-state index is 0.181. The van der Waals surface area contributed by atoms with E-state index in [0.717, 1.165) is 12.3 Å². The summed E-state index contributed by atoms with van der Waals surface area (Å²) in [6.07, 6.45) is 4.80. The third kappa shape index (κ3) is 2.83. The van der Waals surface area contributed by atoms with Crippen molar-refractivity contribution in [3.63, 3.8) is 0 Å². The average Bonchev–Trinajstić information content (AvgIpc) is 2.74. The molecule has 0 aromatic carbocycles. The Labute approximate surface area is 102 Å². The first-order chi connectivity index (χ1) is 7.45. The lowest BCUT2D eigenvalue weighted by Gasteiger charge is -2.14. The maximum Gasteiger partial charge on any atom is 0.0931 e. The fraction of sp³-hybridized carbons (Fsp3) is 0.769. The second-order valence-electron chi connectivity index (χ2n) is 6.02. The molecule has 2 rings (SSSR count). The molecule has 1 fully saturated rings. The van der Waals surface area contributed by atoms with Crippen LogP contribution in [-0.4, -0.2) is 11.0 Å². The van der Waals surface area contributed by atoms with Crippen LogP contribution in [0.5, 0.6) is 0 Å².